The smallest absolute Gasteiger partial charge is 0.276 e. The molecule has 0 spiro atoms. The van der Waals surface area contributed by atoms with Gasteiger partial charge < -0.3 is 5.11 Å². The number of aliphatic hydroxyl groups excluding tert-OH is 1. The summed E-state index contributed by atoms with van der Waals surface area (Å²) in [6.45, 7) is 0.0682. The van der Waals surface area contributed by atoms with Crippen LogP contribution in [0, 0.1) is 11.8 Å². The highest BCUT2D eigenvalue weighted by Crippen LogP contribution is 2.34. The van der Waals surface area contributed by atoms with Crippen LogP contribution in [0.3, 0.4) is 0 Å². The molecule has 6 nitrogen and oxygen atoms in total. The highest BCUT2D eigenvalue weighted by molar-refractivity contribution is 7.16. The van der Waals surface area contributed by atoms with Crippen molar-refractivity contribution in [3.05, 3.63) is 35.0 Å². The van der Waals surface area contributed by atoms with Crippen LogP contribution in [-0.4, -0.2) is 34.8 Å². The maximum absolute atomic E-state index is 12.1. The van der Waals surface area contributed by atoms with Crippen LogP contribution in [0.15, 0.2) is 39.4 Å². The molecule has 1 saturated carbocycles. The number of fused-ring (bicyclic) bond motifs is 1. The van der Waals surface area contributed by atoms with E-state index in [1.807, 2.05) is 18.2 Å². The van der Waals surface area contributed by atoms with Gasteiger partial charge in [-0.3, -0.25) is 10.1 Å². The average molecular weight is 354 g/mol. The number of amides is 1. The van der Waals surface area contributed by atoms with Gasteiger partial charge in [0, 0.05) is 12.1 Å². The van der Waals surface area contributed by atoms with Crippen molar-refractivity contribution in [2.75, 3.05) is 6.61 Å². The first-order chi connectivity index (χ1) is 12.2. The molecule has 1 unspecified atom stereocenters. The second kappa shape index (κ2) is 6.85. The summed E-state index contributed by atoms with van der Waals surface area (Å²) in [6.07, 6.45) is 6.85. The number of nitrogens with zero attached hydrogens (tertiary/aromatic N) is 3. The summed E-state index contributed by atoms with van der Waals surface area (Å²) < 4.78 is 1.07. The number of hydrogen-bond donors (Lipinski definition) is 2. The summed E-state index contributed by atoms with van der Waals surface area (Å²) in [4.78, 5) is 24.8. The van der Waals surface area contributed by atoms with E-state index in [1.54, 1.807) is 29.1 Å². The Morgan fingerprint density at radius 1 is 1.44 bits per heavy atom. The normalized spacial score (nSPS) is 20.4. The summed E-state index contributed by atoms with van der Waals surface area (Å²) in [5.41, 5.74) is 3.98. The Hall–Kier alpha value is -2.38. The molecule has 1 aromatic carbocycles. The third-order valence-corrected chi connectivity index (χ3v) is 5.11. The van der Waals surface area contributed by atoms with Crippen molar-refractivity contribution in [1.29, 1.82) is 0 Å². The standard InChI is InChI=1S/C18H18N4O2S/c23-9-13(5-11-1-2-11)8-19-18-21-15(17(24)22-18)6-12-3-4-14-16(7-12)25-10-20-14/h3-4,6-8,10-11,13,23H,1-2,5,9H2,(H,21,22,24)/b15-6-,19-8?. The van der Waals surface area contributed by atoms with Crippen molar-refractivity contribution in [1.82, 2.24) is 10.3 Å². The average Bonchev–Trinajstić information content (AvgIpc) is 3.19. The monoisotopic (exact) mass is 354 g/mol. The van der Waals surface area contributed by atoms with Gasteiger partial charge in [0.05, 0.1) is 22.3 Å². The molecule has 1 fully saturated rings. The van der Waals surface area contributed by atoms with E-state index in [9.17, 15) is 9.90 Å². The quantitative estimate of drug-likeness (QED) is 0.639. The molecule has 0 saturated heterocycles. The zero-order valence-corrected chi connectivity index (χ0v) is 14.4. The van der Waals surface area contributed by atoms with Gasteiger partial charge in [-0.1, -0.05) is 18.9 Å². The number of thiazole rings is 1. The number of benzene rings is 1. The zero-order chi connectivity index (χ0) is 17.2. The Kier molecular flexibility index (Phi) is 4.42. The van der Waals surface area contributed by atoms with Crippen molar-refractivity contribution in [2.45, 2.75) is 19.3 Å². The van der Waals surface area contributed by atoms with Crippen LogP contribution >= 0.6 is 11.3 Å². The van der Waals surface area contributed by atoms with Gasteiger partial charge in [-0.15, -0.1) is 11.3 Å². The molecule has 25 heavy (non-hydrogen) atoms. The van der Waals surface area contributed by atoms with Gasteiger partial charge in [0.2, 0.25) is 5.96 Å². The summed E-state index contributed by atoms with van der Waals surface area (Å²) in [7, 11) is 0. The summed E-state index contributed by atoms with van der Waals surface area (Å²) >= 11 is 1.56. The van der Waals surface area contributed by atoms with Crippen LogP contribution in [0.5, 0.6) is 0 Å². The number of rotatable bonds is 5. The lowest BCUT2D eigenvalue weighted by atomic mass is 10.1. The van der Waals surface area contributed by atoms with Crippen LogP contribution in [0.2, 0.25) is 0 Å². The lowest BCUT2D eigenvalue weighted by molar-refractivity contribution is -0.115. The SMILES string of the molecule is O=C1NC(N=CC(CO)CC2CC2)=N/C1=C\c1ccc2ncsc2c1. The molecule has 7 heteroatoms. The molecule has 1 aliphatic heterocycles. The lowest BCUT2D eigenvalue weighted by Crippen LogP contribution is -2.23. The van der Waals surface area contributed by atoms with Gasteiger partial charge in [-0.05, 0) is 36.1 Å². The fraction of sp³-hybridized carbons (Fsp3) is 0.333. The predicted molar refractivity (Wildman–Crippen MR) is 99.6 cm³/mol. The molecule has 2 aromatic rings. The van der Waals surface area contributed by atoms with Crippen LogP contribution in [-0.2, 0) is 4.79 Å². The molecule has 128 valence electrons. The zero-order valence-electron chi connectivity index (χ0n) is 13.6. The number of hydrogen-bond acceptors (Lipinski definition) is 6. The van der Waals surface area contributed by atoms with Crippen LogP contribution in [0.25, 0.3) is 16.3 Å². The Morgan fingerprint density at radius 3 is 3.12 bits per heavy atom. The molecule has 2 heterocycles. The number of guanidine groups is 1. The van der Waals surface area contributed by atoms with E-state index in [4.69, 9.17) is 0 Å². The van der Waals surface area contributed by atoms with E-state index in [0.717, 1.165) is 22.2 Å². The van der Waals surface area contributed by atoms with E-state index in [-0.39, 0.29) is 24.4 Å². The molecule has 4 rings (SSSR count). The van der Waals surface area contributed by atoms with E-state index in [0.29, 0.717) is 11.6 Å². The predicted octanol–water partition coefficient (Wildman–Crippen LogP) is 2.60. The Labute approximate surface area is 149 Å². The number of nitrogens with one attached hydrogen (secondary N) is 1. The highest BCUT2D eigenvalue weighted by Gasteiger charge is 2.25. The summed E-state index contributed by atoms with van der Waals surface area (Å²) in [6, 6.07) is 5.83. The number of aliphatic imine (C=N–C) groups is 2. The molecule has 1 amide bonds. The molecule has 2 aliphatic rings. The van der Waals surface area contributed by atoms with Crippen molar-refractivity contribution >= 4 is 45.7 Å². The van der Waals surface area contributed by atoms with E-state index in [1.165, 1.54) is 12.8 Å². The molecule has 1 aromatic heterocycles. The highest BCUT2D eigenvalue weighted by atomic mass is 32.1. The van der Waals surface area contributed by atoms with Crippen molar-refractivity contribution in [3.8, 4) is 0 Å². The Morgan fingerprint density at radius 2 is 2.32 bits per heavy atom. The summed E-state index contributed by atoms with van der Waals surface area (Å²) in [5, 5.41) is 12.1. The van der Waals surface area contributed by atoms with Gasteiger partial charge in [-0.25, -0.2) is 15.0 Å². The molecular weight excluding hydrogens is 336 g/mol. The van der Waals surface area contributed by atoms with Gasteiger partial charge in [0.25, 0.3) is 5.91 Å². The van der Waals surface area contributed by atoms with E-state index in [2.05, 4.69) is 20.3 Å². The second-order valence-corrected chi connectivity index (χ2v) is 7.28. The van der Waals surface area contributed by atoms with Crippen molar-refractivity contribution in [3.63, 3.8) is 0 Å². The Balaban J connectivity index is 1.50. The van der Waals surface area contributed by atoms with E-state index >= 15 is 0 Å². The minimum absolute atomic E-state index is 0.0221. The van der Waals surface area contributed by atoms with Crippen LogP contribution in [0.1, 0.15) is 24.8 Å². The minimum Gasteiger partial charge on any atom is -0.396 e. The van der Waals surface area contributed by atoms with Gasteiger partial charge in [-0.2, -0.15) is 0 Å². The second-order valence-electron chi connectivity index (χ2n) is 6.40. The molecule has 1 atom stereocenters. The first-order valence-corrected chi connectivity index (χ1v) is 9.19. The fourth-order valence-corrected chi connectivity index (χ4v) is 3.50. The van der Waals surface area contributed by atoms with Crippen molar-refractivity contribution < 1.29 is 9.90 Å². The first-order valence-electron chi connectivity index (χ1n) is 8.31. The Bertz CT molecular complexity index is 895. The largest absolute Gasteiger partial charge is 0.396 e. The maximum atomic E-state index is 12.1. The number of aliphatic hydroxyl groups is 1. The van der Waals surface area contributed by atoms with Gasteiger partial charge in [0.15, 0.2) is 0 Å². The first kappa shape index (κ1) is 16.1. The maximum Gasteiger partial charge on any atom is 0.276 e. The van der Waals surface area contributed by atoms with Crippen LogP contribution < -0.4 is 5.32 Å². The van der Waals surface area contributed by atoms with Gasteiger partial charge in [0.1, 0.15) is 5.70 Å². The molecular formula is C18H18N4O2S. The summed E-state index contributed by atoms with van der Waals surface area (Å²) in [5.74, 6) is 0.748. The van der Waals surface area contributed by atoms with Crippen molar-refractivity contribution in [2.24, 2.45) is 21.8 Å². The van der Waals surface area contributed by atoms with E-state index < -0.39 is 0 Å². The third kappa shape index (κ3) is 3.83. The third-order valence-electron chi connectivity index (χ3n) is 4.32. The number of carbonyl (C=O) groups is 1. The number of carbonyl (C=O) groups excluding carboxylic acids is 1. The fourth-order valence-electron chi connectivity index (χ4n) is 2.78. The molecule has 0 bridgehead atoms. The minimum atomic E-state index is -0.265. The van der Waals surface area contributed by atoms with Crippen LogP contribution in [0.4, 0.5) is 0 Å². The number of aromatic nitrogens is 1. The topological polar surface area (TPSA) is 86.9 Å². The lowest BCUT2D eigenvalue weighted by Gasteiger charge is -2.06. The molecule has 2 N–H and O–H groups in total. The molecule has 0 radical (unpaired) electrons. The van der Waals surface area contributed by atoms with Gasteiger partial charge >= 0.3 is 0 Å². The molecule has 1 aliphatic carbocycles.